The molecular weight excluding hydrogens is 182 g/mol. The van der Waals surface area contributed by atoms with Crippen LogP contribution in [0.25, 0.3) is 0 Å². The molecule has 0 bridgehead atoms. The van der Waals surface area contributed by atoms with Crippen LogP contribution in [0.1, 0.15) is 0 Å². The number of halogens is 1. The third kappa shape index (κ3) is 2.06. The van der Waals surface area contributed by atoms with Crippen LogP contribution in [-0.2, 0) is 6.54 Å². The van der Waals surface area contributed by atoms with E-state index in [0.717, 1.165) is 0 Å². The molecular formula is C6H6ClN3O2. The van der Waals surface area contributed by atoms with Crippen molar-refractivity contribution in [2.45, 2.75) is 6.54 Å². The highest BCUT2D eigenvalue weighted by Crippen LogP contribution is 2.08. The number of nitro groups is 1. The van der Waals surface area contributed by atoms with Crippen molar-refractivity contribution in [3.63, 3.8) is 0 Å². The first-order valence-corrected chi connectivity index (χ1v) is 3.47. The number of rotatable bonds is 3. The monoisotopic (exact) mass is 187 g/mol. The first kappa shape index (κ1) is 8.73. The van der Waals surface area contributed by atoms with Crippen molar-refractivity contribution in [1.29, 1.82) is 0 Å². The van der Waals surface area contributed by atoms with E-state index >= 15 is 0 Å². The van der Waals surface area contributed by atoms with E-state index in [9.17, 15) is 10.1 Å². The smallest absolute Gasteiger partial charge is 0.358 e. The highest BCUT2D eigenvalue weighted by Gasteiger charge is 2.08. The van der Waals surface area contributed by atoms with Crippen LogP contribution in [0.3, 0.4) is 0 Å². The molecule has 0 spiro atoms. The van der Waals surface area contributed by atoms with Gasteiger partial charge in [0.05, 0.1) is 6.54 Å². The minimum Gasteiger partial charge on any atom is -0.358 e. The van der Waals surface area contributed by atoms with Crippen molar-refractivity contribution < 1.29 is 4.92 Å². The molecule has 1 aromatic rings. The predicted octanol–water partition coefficient (Wildman–Crippen LogP) is 1.54. The van der Waals surface area contributed by atoms with E-state index < -0.39 is 4.92 Å². The van der Waals surface area contributed by atoms with Gasteiger partial charge in [-0.05, 0) is 9.91 Å². The molecule has 0 aliphatic rings. The van der Waals surface area contributed by atoms with Gasteiger partial charge in [-0.25, -0.2) is 0 Å². The Labute approximate surface area is 73.4 Å². The molecule has 0 saturated carbocycles. The molecule has 0 amide bonds. The molecule has 0 aliphatic heterocycles. The second-order valence-electron chi connectivity index (χ2n) is 2.18. The van der Waals surface area contributed by atoms with Crippen LogP contribution in [-0.4, -0.2) is 14.5 Å². The molecule has 1 rings (SSSR count). The Morgan fingerprint density at radius 1 is 1.92 bits per heavy atom. The van der Waals surface area contributed by atoms with Gasteiger partial charge in [-0.1, -0.05) is 18.2 Å². The van der Waals surface area contributed by atoms with Gasteiger partial charge < -0.3 is 14.7 Å². The largest absolute Gasteiger partial charge is 0.381 e. The van der Waals surface area contributed by atoms with Crippen molar-refractivity contribution in [2.24, 2.45) is 0 Å². The third-order valence-electron chi connectivity index (χ3n) is 1.16. The summed E-state index contributed by atoms with van der Waals surface area (Å²) >= 11 is 5.49. The normalized spacial score (nSPS) is 9.75. The highest BCUT2D eigenvalue weighted by molar-refractivity contribution is 6.29. The SMILES string of the molecule is C=C(Cl)Cn1cnc([N+](=O)[O-])c1. The Bertz CT molecular complexity index is 320. The Morgan fingerprint density at radius 3 is 3.00 bits per heavy atom. The minimum absolute atomic E-state index is 0.187. The summed E-state index contributed by atoms with van der Waals surface area (Å²) in [7, 11) is 0. The van der Waals surface area contributed by atoms with Gasteiger partial charge >= 0.3 is 5.82 Å². The zero-order valence-electron chi connectivity index (χ0n) is 6.11. The maximum Gasteiger partial charge on any atom is 0.381 e. The summed E-state index contributed by atoms with van der Waals surface area (Å²) in [5, 5.41) is 10.6. The zero-order chi connectivity index (χ0) is 9.14. The molecule has 12 heavy (non-hydrogen) atoms. The lowest BCUT2D eigenvalue weighted by molar-refractivity contribution is -0.389. The fraction of sp³-hybridized carbons (Fsp3) is 0.167. The van der Waals surface area contributed by atoms with Crippen LogP contribution in [0, 0.1) is 10.1 Å². The molecule has 0 aromatic carbocycles. The fourth-order valence-electron chi connectivity index (χ4n) is 0.727. The van der Waals surface area contributed by atoms with Crippen LogP contribution in [0.4, 0.5) is 5.82 Å². The molecule has 1 heterocycles. The number of hydrogen-bond acceptors (Lipinski definition) is 3. The Morgan fingerprint density at radius 2 is 2.58 bits per heavy atom. The van der Waals surface area contributed by atoms with Crippen LogP contribution >= 0.6 is 11.6 Å². The quantitative estimate of drug-likeness (QED) is 0.533. The van der Waals surface area contributed by atoms with Crippen molar-refractivity contribution >= 4 is 17.4 Å². The average molecular weight is 188 g/mol. The molecule has 1 aromatic heterocycles. The van der Waals surface area contributed by atoms with Crippen LogP contribution in [0.5, 0.6) is 0 Å². The second kappa shape index (κ2) is 3.36. The van der Waals surface area contributed by atoms with Gasteiger partial charge in [-0.2, -0.15) is 0 Å². The molecule has 6 heteroatoms. The Balaban J connectivity index is 2.77. The Kier molecular flexibility index (Phi) is 2.44. The highest BCUT2D eigenvalue weighted by atomic mass is 35.5. The molecule has 0 radical (unpaired) electrons. The van der Waals surface area contributed by atoms with Gasteiger partial charge in [0.25, 0.3) is 0 Å². The summed E-state index contributed by atoms with van der Waals surface area (Å²) in [6, 6.07) is 0. The summed E-state index contributed by atoms with van der Waals surface area (Å²) in [5.41, 5.74) is 0. The summed E-state index contributed by atoms with van der Waals surface area (Å²) < 4.78 is 1.49. The van der Waals surface area contributed by atoms with Crippen molar-refractivity contribution in [2.75, 3.05) is 0 Å². The van der Waals surface area contributed by atoms with Gasteiger partial charge in [0.2, 0.25) is 6.33 Å². The van der Waals surface area contributed by atoms with Gasteiger partial charge in [-0.3, -0.25) is 0 Å². The number of hydrogen-bond donors (Lipinski definition) is 0. The minimum atomic E-state index is -0.562. The standard InChI is InChI=1S/C6H6ClN3O2/c1-5(7)2-9-3-6(8-4-9)10(11)12/h3-4H,1-2H2. The third-order valence-corrected chi connectivity index (χ3v) is 1.28. The van der Waals surface area contributed by atoms with E-state index in [1.54, 1.807) is 0 Å². The van der Waals surface area contributed by atoms with Crippen LogP contribution in [0.15, 0.2) is 24.1 Å². The van der Waals surface area contributed by atoms with E-state index in [1.807, 2.05) is 0 Å². The van der Waals surface area contributed by atoms with E-state index in [4.69, 9.17) is 11.6 Å². The molecule has 64 valence electrons. The van der Waals surface area contributed by atoms with Gasteiger partial charge in [0, 0.05) is 5.03 Å². The van der Waals surface area contributed by atoms with E-state index in [0.29, 0.717) is 11.6 Å². The molecule has 0 atom stereocenters. The number of nitrogens with zero attached hydrogens (tertiary/aromatic N) is 3. The molecule has 5 nitrogen and oxygen atoms in total. The van der Waals surface area contributed by atoms with Crippen molar-refractivity contribution in [3.8, 4) is 0 Å². The molecule has 0 N–H and O–H groups in total. The Hall–Kier alpha value is -1.36. The number of imidazole rings is 1. The lowest BCUT2D eigenvalue weighted by Crippen LogP contribution is -1.92. The van der Waals surface area contributed by atoms with Crippen molar-refractivity contribution in [1.82, 2.24) is 9.55 Å². The van der Waals surface area contributed by atoms with Crippen LogP contribution < -0.4 is 0 Å². The van der Waals surface area contributed by atoms with Gasteiger partial charge in [0.15, 0.2) is 0 Å². The van der Waals surface area contributed by atoms with Crippen LogP contribution in [0.2, 0.25) is 0 Å². The van der Waals surface area contributed by atoms with E-state index in [1.165, 1.54) is 17.1 Å². The zero-order valence-corrected chi connectivity index (χ0v) is 6.86. The maximum absolute atomic E-state index is 10.2. The summed E-state index contributed by atoms with van der Waals surface area (Å²) in [6.07, 6.45) is 2.64. The number of aromatic nitrogens is 2. The topological polar surface area (TPSA) is 61.0 Å². The first-order chi connectivity index (χ1) is 5.59. The summed E-state index contributed by atoms with van der Waals surface area (Å²) in [5.74, 6) is -0.187. The van der Waals surface area contributed by atoms with Gasteiger partial charge in [-0.15, -0.1) is 0 Å². The second-order valence-corrected chi connectivity index (χ2v) is 2.71. The van der Waals surface area contributed by atoms with E-state index in [2.05, 4.69) is 11.6 Å². The maximum atomic E-state index is 10.2. The first-order valence-electron chi connectivity index (χ1n) is 3.09. The lowest BCUT2D eigenvalue weighted by Gasteiger charge is -1.94. The van der Waals surface area contributed by atoms with Crippen molar-refractivity contribution in [3.05, 3.63) is 34.2 Å². The molecule has 0 fully saturated rings. The predicted molar refractivity (Wildman–Crippen MR) is 43.9 cm³/mol. The molecule has 0 aliphatic carbocycles. The van der Waals surface area contributed by atoms with Gasteiger partial charge in [0.1, 0.15) is 6.20 Å². The average Bonchev–Trinajstić information content (AvgIpc) is 2.34. The fourth-order valence-corrected chi connectivity index (χ4v) is 0.865. The summed E-state index contributed by atoms with van der Waals surface area (Å²) in [4.78, 5) is 13.1. The number of allylic oxidation sites excluding steroid dienone is 1. The summed E-state index contributed by atoms with van der Waals surface area (Å²) in [6.45, 7) is 3.79. The van der Waals surface area contributed by atoms with E-state index in [-0.39, 0.29) is 5.82 Å². The molecule has 0 saturated heterocycles. The lowest BCUT2D eigenvalue weighted by atomic mass is 10.6. The molecule has 0 unspecified atom stereocenters.